The highest BCUT2D eigenvalue weighted by atomic mass is 79.9. The zero-order valence-corrected chi connectivity index (χ0v) is 14.7. The van der Waals surface area contributed by atoms with E-state index in [0.29, 0.717) is 6.61 Å². The van der Waals surface area contributed by atoms with Crippen molar-refractivity contribution in [2.45, 2.75) is 17.2 Å². The van der Waals surface area contributed by atoms with Crippen molar-refractivity contribution in [2.75, 3.05) is 30.3 Å². The lowest BCUT2D eigenvalue weighted by atomic mass is 10.3. The highest BCUT2D eigenvalue weighted by Crippen LogP contribution is 2.29. The van der Waals surface area contributed by atoms with Crippen LogP contribution in [0.3, 0.4) is 0 Å². The molecule has 1 aromatic heterocycles. The molecule has 1 aromatic carbocycles. The first-order valence-corrected chi connectivity index (χ1v) is 9.50. The molecule has 2 heterocycles. The lowest BCUT2D eigenvalue weighted by Crippen LogP contribution is -2.17. The number of benzene rings is 1. The number of aromatic nitrogens is 2. The minimum atomic E-state index is 0.672. The van der Waals surface area contributed by atoms with Gasteiger partial charge in [0.05, 0.1) is 6.61 Å². The number of halogens is 1. The first-order valence-electron chi connectivity index (χ1n) is 6.91. The van der Waals surface area contributed by atoms with Crippen LogP contribution in [0.4, 0.5) is 5.13 Å². The predicted octanol–water partition coefficient (Wildman–Crippen LogP) is 4.07. The maximum Gasteiger partial charge on any atom is 0.209 e. The Morgan fingerprint density at radius 2 is 1.95 bits per heavy atom. The molecule has 21 heavy (non-hydrogen) atoms. The number of nitrogens with zero attached hydrogens (tertiary/aromatic N) is 3. The Morgan fingerprint density at radius 3 is 2.71 bits per heavy atom. The molecule has 2 aromatic rings. The minimum Gasteiger partial charge on any atom is -0.493 e. The molecule has 3 rings (SSSR count). The highest BCUT2D eigenvalue weighted by Gasteiger charge is 2.16. The van der Waals surface area contributed by atoms with Crippen LogP contribution in [0, 0.1) is 0 Å². The quantitative estimate of drug-likeness (QED) is 0.553. The van der Waals surface area contributed by atoms with E-state index in [0.717, 1.165) is 38.5 Å². The monoisotopic (exact) mass is 385 g/mol. The van der Waals surface area contributed by atoms with Crippen LogP contribution in [-0.4, -0.2) is 35.6 Å². The summed E-state index contributed by atoms with van der Waals surface area (Å²) in [6.45, 7) is 2.91. The fourth-order valence-electron chi connectivity index (χ4n) is 2.12. The number of ether oxygens (including phenoxy) is 1. The third kappa shape index (κ3) is 4.34. The molecule has 112 valence electrons. The molecule has 0 amide bonds. The van der Waals surface area contributed by atoms with Crippen LogP contribution in [0.1, 0.15) is 12.8 Å². The zero-order valence-electron chi connectivity index (χ0n) is 11.5. The second-order valence-corrected chi connectivity index (χ2v) is 7.91. The van der Waals surface area contributed by atoms with Gasteiger partial charge in [-0.1, -0.05) is 39.0 Å². The summed E-state index contributed by atoms with van der Waals surface area (Å²) in [5, 5.41) is 9.58. The normalized spacial score (nSPS) is 14.6. The minimum absolute atomic E-state index is 0.672. The van der Waals surface area contributed by atoms with Crippen molar-refractivity contribution in [2.24, 2.45) is 0 Å². The van der Waals surface area contributed by atoms with Gasteiger partial charge < -0.3 is 9.64 Å². The summed E-state index contributed by atoms with van der Waals surface area (Å²) in [6.07, 6.45) is 2.53. The van der Waals surface area contributed by atoms with E-state index in [4.69, 9.17) is 4.74 Å². The van der Waals surface area contributed by atoms with Crippen molar-refractivity contribution >= 4 is 44.2 Å². The lowest BCUT2D eigenvalue weighted by molar-refractivity contribution is 0.344. The second-order valence-electron chi connectivity index (χ2n) is 4.70. The van der Waals surface area contributed by atoms with E-state index in [-0.39, 0.29) is 0 Å². The van der Waals surface area contributed by atoms with Gasteiger partial charge in [0.15, 0.2) is 4.34 Å². The Bertz CT molecular complexity index is 570. The lowest BCUT2D eigenvalue weighted by Gasteiger charge is -2.10. The molecule has 1 fully saturated rings. The Hall–Kier alpha value is -0.790. The third-order valence-electron chi connectivity index (χ3n) is 3.16. The van der Waals surface area contributed by atoms with Gasteiger partial charge in [-0.05, 0) is 37.1 Å². The molecular formula is C14H16BrN3OS2. The molecule has 0 atom stereocenters. The Labute approximate surface area is 141 Å². The fourth-order valence-corrected chi connectivity index (χ4v) is 4.16. The van der Waals surface area contributed by atoms with E-state index in [1.165, 1.54) is 12.8 Å². The summed E-state index contributed by atoms with van der Waals surface area (Å²) in [7, 11) is 0. The van der Waals surface area contributed by atoms with E-state index in [1.807, 2.05) is 24.3 Å². The molecule has 0 spiro atoms. The van der Waals surface area contributed by atoms with E-state index in [2.05, 4.69) is 31.0 Å². The average Bonchev–Trinajstić information content (AvgIpc) is 3.16. The summed E-state index contributed by atoms with van der Waals surface area (Å²) in [5.74, 6) is 1.78. The molecule has 1 saturated heterocycles. The van der Waals surface area contributed by atoms with E-state index in [9.17, 15) is 0 Å². The number of hydrogen-bond donors (Lipinski definition) is 0. The van der Waals surface area contributed by atoms with Crippen LogP contribution in [0.15, 0.2) is 33.1 Å². The molecular weight excluding hydrogens is 370 g/mol. The average molecular weight is 386 g/mol. The molecule has 1 aliphatic rings. The van der Waals surface area contributed by atoms with Gasteiger partial charge in [0.1, 0.15) is 5.75 Å². The van der Waals surface area contributed by atoms with Crippen molar-refractivity contribution < 1.29 is 4.74 Å². The first-order chi connectivity index (χ1) is 10.3. The fraction of sp³-hybridized carbons (Fsp3) is 0.429. The molecule has 1 aliphatic heterocycles. The van der Waals surface area contributed by atoms with Gasteiger partial charge in [-0.2, -0.15) is 0 Å². The molecule has 7 heteroatoms. The highest BCUT2D eigenvalue weighted by molar-refractivity contribution is 9.10. The van der Waals surface area contributed by atoms with Crippen LogP contribution < -0.4 is 9.64 Å². The smallest absolute Gasteiger partial charge is 0.209 e. The molecule has 0 unspecified atom stereocenters. The largest absolute Gasteiger partial charge is 0.493 e. The summed E-state index contributed by atoms with van der Waals surface area (Å²) >= 11 is 6.80. The topological polar surface area (TPSA) is 38.3 Å². The van der Waals surface area contributed by atoms with Gasteiger partial charge in [-0.3, -0.25) is 0 Å². The van der Waals surface area contributed by atoms with Crippen molar-refractivity contribution in [1.29, 1.82) is 0 Å². The van der Waals surface area contributed by atoms with Crippen molar-refractivity contribution in [3.05, 3.63) is 28.7 Å². The van der Waals surface area contributed by atoms with Crippen LogP contribution in [0.25, 0.3) is 0 Å². The molecule has 0 N–H and O–H groups in total. The molecule has 4 nitrogen and oxygen atoms in total. The van der Waals surface area contributed by atoms with Crippen LogP contribution in [-0.2, 0) is 0 Å². The molecule has 0 aliphatic carbocycles. The summed E-state index contributed by atoms with van der Waals surface area (Å²) < 4.78 is 7.78. The van der Waals surface area contributed by atoms with E-state index < -0.39 is 0 Å². The first kappa shape index (κ1) is 15.1. The summed E-state index contributed by atoms with van der Waals surface area (Å²) in [6, 6.07) is 7.89. The van der Waals surface area contributed by atoms with Crippen molar-refractivity contribution in [3.8, 4) is 5.75 Å². The number of rotatable bonds is 6. The van der Waals surface area contributed by atoms with Gasteiger partial charge in [0.2, 0.25) is 5.13 Å². The van der Waals surface area contributed by atoms with Gasteiger partial charge in [0.25, 0.3) is 0 Å². The standard InChI is InChI=1S/C14H16BrN3OS2/c15-11-3-5-12(6-4-11)19-9-10-20-14-17-16-13(21-14)18-7-1-2-8-18/h3-6H,1-2,7-10H2. The Balaban J connectivity index is 1.42. The predicted molar refractivity (Wildman–Crippen MR) is 91.7 cm³/mol. The zero-order chi connectivity index (χ0) is 14.5. The molecule has 0 radical (unpaired) electrons. The third-order valence-corrected chi connectivity index (χ3v) is 5.77. The van der Waals surface area contributed by atoms with Gasteiger partial charge in [-0.15, -0.1) is 10.2 Å². The van der Waals surface area contributed by atoms with Crippen molar-refractivity contribution in [3.63, 3.8) is 0 Å². The maximum atomic E-state index is 5.69. The van der Waals surface area contributed by atoms with Crippen molar-refractivity contribution in [1.82, 2.24) is 10.2 Å². The maximum absolute atomic E-state index is 5.69. The Kier molecular flexibility index (Phi) is 5.38. The SMILES string of the molecule is Brc1ccc(OCCSc2nnc(N3CCCC3)s2)cc1. The van der Waals surface area contributed by atoms with Crippen LogP contribution in [0.2, 0.25) is 0 Å². The number of hydrogen-bond acceptors (Lipinski definition) is 6. The molecule has 0 saturated carbocycles. The number of thioether (sulfide) groups is 1. The van der Waals surface area contributed by atoms with Crippen LogP contribution in [0.5, 0.6) is 5.75 Å². The van der Waals surface area contributed by atoms with Gasteiger partial charge in [0, 0.05) is 23.3 Å². The van der Waals surface area contributed by atoms with Crippen LogP contribution >= 0.6 is 39.0 Å². The van der Waals surface area contributed by atoms with E-state index >= 15 is 0 Å². The molecule has 0 bridgehead atoms. The summed E-state index contributed by atoms with van der Waals surface area (Å²) in [5.41, 5.74) is 0. The second kappa shape index (κ2) is 7.47. The van der Waals surface area contributed by atoms with Gasteiger partial charge in [-0.25, -0.2) is 0 Å². The number of anilines is 1. The van der Waals surface area contributed by atoms with Gasteiger partial charge >= 0.3 is 0 Å². The summed E-state index contributed by atoms with van der Waals surface area (Å²) in [4.78, 5) is 2.32. The van der Waals surface area contributed by atoms with E-state index in [1.54, 1.807) is 23.1 Å². The Morgan fingerprint density at radius 1 is 1.19 bits per heavy atom.